The first kappa shape index (κ1) is 18.9. The first-order valence-corrected chi connectivity index (χ1v) is 10.4. The number of sulfonamides is 1. The number of carbonyl (C=O) groups excluding carboxylic acids is 1. The van der Waals surface area contributed by atoms with Gasteiger partial charge < -0.3 is 5.32 Å². The summed E-state index contributed by atoms with van der Waals surface area (Å²) in [5, 5.41) is 3.44. The second-order valence-corrected chi connectivity index (χ2v) is 8.69. The van der Waals surface area contributed by atoms with Gasteiger partial charge in [-0.3, -0.25) is 4.79 Å². The van der Waals surface area contributed by atoms with E-state index in [-0.39, 0.29) is 10.8 Å². The van der Waals surface area contributed by atoms with Crippen molar-refractivity contribution in [2.45, 2.75) is 30.6 Å². The Labute approximate surface area is 159 Å². The molecule has 0 bridgehead atoms. The fourth-order valence-corrected chi connectivity index (χ4v) is 4.63. The lowest BCUT2D eigenvalue weighted by molar-refractivity contribution is -0.116. The molecule has 0 atom stereocenters. The Hall–Kier alpha value is -1.89. The van der Waals surface area contributed by atoms with E-state index >= 15 is 0 Å². The molecule has 2 aromatic rings. The van der Waals surface area contributed by atoms with E-state index in [2.05, 4.69) is 5.32 Å². The highest BCUT2D eigenvalue weighted by atomic mass is 35.5. The number of carbonyl (C=O) groups is 1. The molecule has 1 amide bonds. The van der Waals surface area contributed by atoms with Crippen LogP contribution in [-0.4, -0.2) is 31.7 Å². The summed E-state index contributed by atoms with van der Waals surface area (Å²) in [5.74, 6) is -0.157. The molecule has 0 unspecified atom stereocenters. The molecule has 1 heterocycles. The minimum atomic E-state index is -3.49. The van der Waals surface area contributed by atoms with Crippen LogP contribution in [0.1, 0.15) is 24.8 Å². The third-order valence-corrected chi connectivity index (χ3v) is 6.52. The van der Waals surface area contributed by atoms with Gasteiger partial charge in [0.05, 0.1) is 4.90 Å². The Kier molecular flexibility index (Phi) is 5.96. The summed E-state index contributed by atoms with van der Waals surface area (Å²) in [6.07, 6.45) is 2.68. The van der Waals surface area contributed by atoms with E-state index in [4.69, 9.17) is 11.6 Å². The average molecular weight is 393 g/mol. The smallest absolute Gasteiger partial charge is 0.243 e. The molecule has 1 aliphatic heterocycles. The number of amides is 1. The summed E-state index contributed by atoms with van der Waals surface area (Å²) < 4.78 is 26.7. The Morgan fingerprint density at radius 3 is 2.46 bits per heavy atom. The van der Waals surface area contributed by atoms with Crippen molar-refractivity contribution >= 4 is 33.2 Å². The molecule has 0 spiro atoms. The molecule has 0 aromatic heterocycles. The maximum Gasteiger partial charge on any atom is 0.243 e. The number of hydrogen-bond acceptors (Lipinski definition) is 3. The number of aryl methyl sites for hydroxylation is 1. The van der Waals surface area contributed by atoms with Gasteiger partial charge in [-0.25, -0.2) is 8.42 Å². The lowest BCUT2D eigenvalue weighted by Crippen LogP contribution is -2.27. The van der Waals surface area contributed by atoms with Gasteiger partial charge >= 0.3 is 0 Å². The van der Waals surface area contributed by atoms with Crippen LogP contribution < -0.4 is 5.32 Å². The van der Waals surface area contributed by atoms with Crippen molar-refractivity contribution in [3.05, 3.63) is 59.1 Å². The molecular formula is C19H21ClN2O3S. The first-order chi connectivity index (χ1) is 12.4. The molecule has 0 aliphatic carbocycles. The monoisotopic (exact) mass is 392 g/mol. The van der Waals surface area contributed by atoms with Gasteiger partial charge in [0.2, 0.25) is 15.9 Å². The number of nitrogens with zero attached hydrogens (tertiary/aromatic N) is 1. The lowest BCUT2D eigenvalue weighted by Gasteiger charge is -2.16. The summed E-state index contributed by atoms with van der Waals surface area (Å²) in [6.45, 7) is 1.11. The van der Waals surface area contributed by atoms with E-state index in [1.165, 1.54) is 10.4 Å². The van der Waals surface area contributed by atoms with Crippen LogP contribution in [0.15, 0.2) is 53.4 Å². The van der Waals surface area contributed by atoms with Crippen molar-refractivity contribution in [1.29, 1.82) is 0 Å². The van der Waals surface area contributed by atoms with Crippen LogP contribution in [0.3, 0.4) is 0 Å². The molecule has 26 heavy (non-hydrogen) atoms. The van der Waals surface area contributed by atoms with Crippen LogP contribution in [0.25, 0.3) is 0 Å². The first-order valence-electron chi connectivity index (χ1n) is 8.60. The number of nitrogens with one attached hydrogen (secondary N) is 1. The van der Waals surface area contributed by atoms with Crippen molar-refractivity contribution < 1.29 is 13.2 Å². The zero-order chi connectivity index (χ0) is 18.6. The highest BCUT2D eigenvalue weighted by molar-refractivity contribution is 7.89. The normalized spacial score (nSPS) is 15.1. The van der Waals surface area contributed by atoms with E-state index in [1.54, 1.807) is 30.3 Å². The number of rotatable bonds is 6. The van der Waals surface area contributed by atoms with Crippen molar-refractivity contribution in [1.82, 2.24) is 4.31 Å². The molecule has 0 radical (unpaired) electrons. The van der Waals surface area contributed by atoms with Gasteiger partial charge in [-0.1, -0.05) is 29.8 Å². The van der Waals surface area contributed by atoms with Gasteiger partial charge in [-0.15, -0.1) is 0 Å². The molecule has 1 N–H and O–H groups in total. The molecular weight excluding hydrogens is 372 g/mol. The summed E-state index contributed by atoms with van der Waals surface area (Å²) >= 11 is 5.85. The lowest BCUT2D eigenvalue weighted by atomic mass is 10.1. The molecule has 138 valence electrons. The highest BCUT2D eigenvalue weighted by Crippen LogP contribution is 2.23. The van der Waals surface area contributed by atoms with E-state index < -0.39 is 10.0 Å². The van der Waals surface area contributed by atoms with Crippen LogP contribution in [0.4, 0.5) is 5.69 Å². The third kappa shape index (κ3) is 4.63. The van der Waals surface area contributed by atoms with Crippen molar-refractivity contribution in [3.63, 3.8) is 0 Å². The van der Waals surface area contributed by atoms with Crippen LogP contribution in [0, 0.1) is 0 Å². The SMILES string of the molecule is O=C(CCc1ccc(Cl)cc1)Nc1cccc(S(=O)(=O)N2CCCC2)c1. The second kappa shape index (κ2) is 8.20. The minimum Gasteiger partial charge on any atom is -0.326 e. The molecule has 1 saturated heterocycles. The maximum atomic E-state index is 12.6. The van der Waals surface area contributed by atoms with Crippen LogP contribution >= 0.6 is 11.6 Å². The molecule has 5 nitrogen and oxygen atoms in total. The van der Waals surface area contributed by atoms with Crippen molar-refractivity contribution in [2.75, 3.05) is 18.4 Å². The summed E-state index contributed by atoms with van der Waals surface area (Å²) in [7, 11) is -3.49. The topological polar surface area (TPSA) is 66.5 Å². The zero-order valence-corrected chi connectivity index (χ0v) is 15.9. The largest absolute Gasteiger partial charge is 0.326 e. The maximum absolute atomic E-state index is 12.6. The van der Waals surface area contributed by atoms with Crippen LogP contribution in [0.2, 0.25) is 5.02 Å². The van der Waals surface area contributed by atoms with E-state index in [0.29, 0.717) is 36.6 Å². The van der Waals surface area contributed by atoms with E-state index in [9.17, 15) is 13.2 Å². The Balaban J connectivity index is 1.62. The van der Waals surface area contributed by atoms with E-state index in [1.807, 2.05) is 12.1 Å². The van der Waals surface area contributed by atoms with Gasteiger partial charge in [-0.2, -0.15) is 4.31 Å². The second-order valence-electron chi connectivity index (χ2n) is 6.31. The molecule has 2 aromatic carbocycles. The minimum absolute atomic E-state index is 0.157. The third-order valence-electron chi connectivity index (χ3n) is 4.37. The number of halogens is 1. The molecule has 1 fully saturated rings. The van der Waals surface area contributed by atoms with Gasteiger partial charge in [0.25, 0.3) is 0 Å². The standard InChI is InChI=1S/C19H21ClN2O3S/c20-16-9-6-15(7-10-16)8-11-19(23)21-17-4-3-5-18(14-17)26(24,25)22-12-1-2-13-22/h3-7,9-10,14H,1-2,8,11-13H2,(H,21,23). The van der Waals surface area contributed by atoms with E-state index in [0.717, 1.165) is 18.4 Å². The summed E-state index contributed by atoms with van der Waals surface area (Å²) in [6, 6.07) is 13.8. The summed E-state index contributed by atoms with van der Waals surface area (Å²) in [4.78, 5) is 12.4. The van der Waals surface area contributed by atoms with Crippen molar-refractivity contribution in [2.24, 2.45) is 0 Å². The highest BCUT2D eigenvalue weighted by Gasteiger charge is 2.27. The Morgan fingerprint density at radius 1 is 1.08 bits per heavy atom. The molecule has 3 rings (SSSR count). The molecule has 7 heteroatoms. The van der Waals surface area contributed by atoms with Gasteiger partial charge in [-0.05, 0) is 55.2 Å². The fraction of sp³-hybridized carbons (Fsp3) is 0.316. The van der Waals surface area contributed by atoms with Crippen LogP contribution in [-0.2, 0) is 21.2 Å². The summed E-state index contributed by atoms with van der Waals surface area (Å²) in [5.41, 5.74) is 1.52. The molecule has 0 saturated carbocycles. The number of hydrogen-bond donors (Lipinski definition) is 1. The zero-order valence-electron chi connectivity index (χ0n) is 14.3. The average Bonchev–Trinajstić information content (AvgIpc) is 3.17. The fourth-order valence-electron chi connectivity index (χ4n) is 2.94. The number of benzene rings is 2. The van der Waals surface area contributed by atoms with Crippen molar-refractivity contribution in [3.8, 4) is 0 Å². The quantitative estimate of drug-likeness (QED) is 0.815. The predicted octanol–water partition coefficient (Wildman–Crippen LogP) is 3.70. The Bertz CT molecular complexity index is 876. The van der Waals surface area contributed by atoms with Gasteiger partial charge in [0.1, 0.15) is 0 Å². The van der Waals surface area contributed by atoms with Gasteiger partial charge in [0, 0.05) is 30.2 Å². The van der Waals surface area contributed by atoms with Gasteiger partial charge in [0.15, 0.2) is 0 Å². The Morgan fingerprint density at radius 2 is 1.77 bits per heavy atom. The predicted molar refractivity (Wildman–Crippen MR) is 103 cm³/mol. The molecule has 1 aliphatic rings. The number of anilines is 1. The van der Waals surface area contributed by atoms with Crippen LogP contribution in [0.5, 0.6) is 0 Å².